The molecule has 0 saturated carbocycles. The third-order valence-electron chi connectivity index (χ3n) is 2.76. The number of benzene rings is 1. The van der Waals surface area contributed by atoms with Gasteiger partial charge in [-0.1, -0.05) is 25.4 Å². The Kier molecular flexibility index (Phi) is 5.48. The van der Waals surface area contributed by atoms with Crippen LogP contribution in [0.4, 0.5) is 0 Å². The van der Waals surface area contributed by atoms with Crippen LogP contribution in [0.3, 0.4) is 0 Å². The first-order chi connectivity index (χ1) is 8.40. The molecule has 0 radical (unpaired) electrons. The summed E-state index contributed by atoms with van der Waals surface area (Å²) in [6.45, 7) is 6.26. The van der Waals surface area contributed by atoms with E-state index in [4.69, 9.17) is 11.6 Å². The second kappa shape index (κ2) is 6.64. The molecule has 3 nitrogen and oxygen atoms in total. The van der Waals surface area contributed by atoms with E-state index in [1.807, 2.05) is 6.92 Å². The lowest BCUT2D eigenvalue weighted by molar-refractivity contribution is 0.0934. The molecule has 100 valence electrons. The lowest BCUT2D eigenvalue weighted by Crippen LogP contribution is -2.32. The van der Waals surface area contributed by atoms with E-state index in [-0.39, 0.29) is 23.3 Å². The first-order valence-electron chi connectivity index (χ1n) is 6.19. The topological polar surface area (TPSA) is 49.3 Å². The molecule has 0 aliphatic heterocycles. The molecule has 4 heteroatoms. The van der Waals surface area contributed by atoms with E-state index in [0.29, 0.717) is 10.9 Å². The Morgan fingerprint density at radius 2 is 2.00 bits per heavy atom. The minimum Gasteiger partial charge on any atom is -0.507 e. The van der Waals surface area contributed by atoms with Crippen molar-refractivity contribution in [2.75, 3.05) is 0 Å². The van der Waals surface area contributed by atoms with Crippen LogP contribution in [0, 0.1) is 5.92 Å². The molecule has 0 saturated heterocycles. The average Bonchev–Trinajstić information content (AvgIpc) is 2.29. The Hall–Kier alpha value is -1.22. The van der Waals surface area contributed by atoms with Crippen molar-refractivity contribution in [2.24, 2.45) is 5.92 Å². The van der Waals surface area contributed by atoms with Gasteiger partial charge in [-0.05, 0) is 43.9 Å². The van der Waals surface area contributed by atoms with Gasteiger partial charge in [0.2, 0.25) is 0 Å². The average molecular weight is 270 g/mol. The van der Waals surface area contributed by atoms with Gasteiger partial charge in [0, 0.05) is 11.1 Å². The Bertz CT molecular complexity index is 418. The molecule has 1 unspecified atom stereocenters. The minimum atomic E-state index is -0.286. The molecule has 1 aromatic rings. The van der Waals surface area contributed by atoms with E-state index in [1.54, 1.807) is 6.07 Å². The molecule has 0 heterocycles. The first kappa shape index (κ1) is 14.8. The van der Waals surface area contributed by atoms with Gasteiger partial charge in [0.05, 0.1) is 5.56 Å². The van der Waals surface area contributed by atoms with Crippen molar-refractivity contribution in [3.63, 3.8) is 0 Å². The molecule has 0 aromatic heterocycles. The van der Waals surface area contributed by atoms with Crippen LogP contribution in [-0.2, 0) is 0 Å². The predicted octanol–water partition coefficient (Wildman–Crippen LogP) is 3.60. The Balaban J connectivity index is 2.62. The van der Waals surface area contributed by atoms with Crippen LogP contribution in [0.25, 0.3) is 0 Å². The van der Waals surface area contributed by atoms with Gasteiger partial charge in [-0.2, -0.15) is 0 Å². The van der Waals surface area contributed by atoms with E-state index in [9.17, 15) is 9.90 Å². The van der Waals surface area contributed by atoms with Gasteiger partial charge < -0.3 is 10.4 Å². The van der Waals surface area contributed by atoms with Crippen molar-refractivity contribution in [1.29, 1.82) is 0 Å². The number of hydrogen-bond acceptors (Lipinski definition) is 2. The van der Waals surface area contributed by atoms with Crippen LogP contribution in [0.1, 0.15) is 44.0 Å². The lowest BCUT2D eigenvalue weighted by atomic mass is 10.0. The highest BCUT2D eigenvalue weighted by Crippen LogP contribution is 2.21. The summed E-state index contributed by atoms with van der Waals surface area (Å²) in [5.41, 5.74) is 0.221. The highest BCUT2D eigenvalue weighted by Gasteiger charge is 2.14. The van der Waals surface area contributed by atoms with Crippen LogP contribution in [0.15, 0.2) is 18.2 Å². The van der Waals surface area contributed by atoms with E-state index >= 15 is 0 Å². The van der Waals surface area contributed by atoms with Crippen molar-refractivity contribution in [1.82, 2.24) is 5.32 Å². The lowest BCUT2D eigenvalue weighted by Gasteiger charge is -2.15. The number of phenols is 1. The van der Waals surface area contributed by atoms with Gasteiger partial charge in [-0.15, -0.1) is 0 Å². The van der Waals surface area contributed by atoms with Crippen LogP contribution >= 0.6 is 11.6 Å². The van der Waals surface area contributed by atoms with E-state index in [2.05, 4.69) is 19.2 Å². The first-order valence-corrected chi connectivity index (χ1v) is 6.57. The molecule has 0 bridgehead atoms. The number of halogens is 1. The van der Waals surface area contributed by atoms with Crippen molar-refractivity contribution >= 4 is 17.5 Å². The van der Waals surface area contributed by atoms with Crippen molar-refractivity contribution in [3.8, 4) is 5.75 Å². The third-order valence-corrected chi connectivity index (χ3v) is 2.99. The molecule has 1 rings (SSSR count). The van der Waals surface area contributed by atoms with E-state index < -0.39 is 0 Å². The molecule has 1 atom stereocenters. The highest BCUT2D eigenvalue weighted by molar-refractivity contribution is 6.31. The summed E-state index contributed by atoms with van der Waals surface area (Å²) in [7, 11) is 0. The Labute approximate surface area is 113 Å². The maximum absolute atomic E-state index is 11.9. The molecule has 0 spiro atoms. The summed E-state index contributed by atoms with van der Waals surface area (Å²) in [5, 5.41) is 12.9. The summed E-state index contributed by atoms with van der Waals surface area (Å²) in [5.74, 6) is 0.281. The molecule has 2 N–H and O–H groups in total. The normalized spacial score (nSPS) is 12.5. The Morgan fingerprint density at radius 3 is 2.61 bits per heavy atom. The fourth-order valence-corrected chi connectivity index (χ4v) is 1.82. The van der Waals surface area contributed by atoms with Crippen molar-refractivity contribution in [2.45, 2.75) is 39.7 Å². The van der Waals surface area contributed by atoms with Gasteiger partial charge in [-0.3, -0.25) is 4.79 Å². The van der Waals surface area contributed by atoms with E-state index in [1.165, 1.54) is 12.1 Å². The van der Waals surface area contributed by atoms with Gasteiger partial charge >= 0.3 is 0 Å². The number of aromatic hydroxyl groups is 1. The molecule has 18 heavy (non-hydrogen) atoms. The van der Waals surface area contributed by atoms with Crippen molar-refractivity contribution < 1.29 is 9.90 Å². The van der Waals surface area contributed by atoms with Crippen LogP contribution in [0.2, 0.25) is 5.02 Å². The maximum atomic E-state index is 11.9. The van der Waals surface area contributed by atoms with Crippen molar-refractivity contribution in [3.05, 3.63) is 28.8 Å². The van der Waals surface area contributed by atoms with Gasteiger partial charge in [0.15, 0.2) is 0 Å². The highest BCUT2D eigenvalue weighted by atomic mass is 35.5. The SMILES string of the molecule is CC(C)CCC(C)NC(=O)c1cc(Cl)ccc1O. The fourth-order valence-electron chi connectivity index (χ4n) is 1.65. The second-order valence-corrected chi connectivity index (χ2v) is 5.44. The van der Waals surface area contributed by atoms with Gasteiger partial charge in [0.1, 0.15) is 5.75 Å². The number of carbonyl (C=O) groups excluding carboxylic acids is 1. The zero-order valence-corrected chi connectivity index (χ0v) is 11.8. The molecule has 0 fully saturated rings. The molecule has 1 aromatic carbocycles. The maximum Gasteiger partial charge on any atom is 0.255 e. The number of nitrogens with one attached hydrogen (secondary N) is 1. The summed E-state index contributed by atoms with van der Waals surface area (Å²) in [4.78, 5) is 11.9. The number of carbonyl (C=O) groups is 1. The molecule has 0 aliphatic carbocycles. The summed E-state index contributed by atoms with van der Waals surface area (Å²) in [6.07, 6.45) is 1.98. The van der Waals surface area contributed by atoms with E-state index in [0.717, 1.165) is 12.8 Å². The molecule has 1 amide bonds. The third kappa shape index (κ3) is 4.57. The van der Waals surface area contributed by atoms with Gasteiger partial charge in [-0.25, -0.2) is 0 Å². The zero-order valence-electron chi connectivity index (χ0n) is 11.0. The second-order valence-electron chi connectivity index (χ2n) is 5.01. The fraction of sp³-hybridized carbons (Fsp3) is 0.500. The largest absolute Gasteiger partial charge is 0.507 e. The smallest absolute Gasteiger partial charge is 0.255 e. The minimum absolute atomic E-state index is 0.0482. The summed E-state index contributed by atoms with van der Waals surface area (Å²) >= 11 is 5.81. The van der Waals surface area contributed by atoms with Crippen LogP contribution < -0.4 is 5.32 Å². The number of amides is 1. The molecular weight excluding hydrogens is 250 g/mol. The van der Waals surface area contributed by atoms with Crippen LogP contribution in [-0.4, -0.2) is 17.1 Å². The summed E-state index contributed by atoms with van der Waals surface area (Å²) < 4.78 is 0. The van der Waals surface area contributed by atoms with Gasteiger partial charge in [0.25, 0.3) is 5.91 Å². The van der Waals surface area contributed by atoms with Crippen LogP contribution in [0.5, 0.6) is 5.75 Å². The molecule has 0 aliphatic rings. The monoisotopic (exact) mass is 269 g/mol. The molecular formula is C14H20ClNO2. The Morgan fingerprint density at radius 1 is 1.33 bits per heavy atom. The quantitative estimate of drug-likeness (QED) is 0.858. The standard InChI is InChI=1S/C14H20ClNO2/c1-9(2)4-5-10(3)16-14(18)12-8-11(15)6-7-13(12)17/h6-10,17H,4-5H2,1-3H3,(H,16,18). The number of rotatable bonds is 5. The summed E-state index contributed by atoms with van der Waals surface area (Å²) in [6, 6.07) is 4.53. The predicted molar refractivity (Wildman–Crippen MR) is 74.1 cm³/mol. The zero-order chi connectivity index (χ0) is 13.7. The number of hydrogen-bond donors (Lipinski definition) is 2. The number of phenolic OH excluding ortho intramolecular Hbond substituents is 1.